The summed E-state index contributed by atoms with van der Waals surface area (Å²) in [5, 5.41) is 10.3. The second-order valence-corrected chi connectivity index (χ2v) is 3.46. The third kappa shape index (κ3) is 4.73. The van der Waals surface area contributed by atoms with E-state index in [0.717, 1.165) is 24.3 Å². The van der Waals surface area contributed by atoms with Gasteiger partial charge in [-0.15, -0.1) is 0 Å². The minimum atomic E-state index is -3.14. The number of nitro benzene ring substituents is 1. The van der Waals surface area contributed by atoms with Gasteiger partial charge >= 0.3 is 6.16 Å². The van der Waals surface area contributed by atoms with Crippen molar-refractivity contribution in [3.05, 3.63) is 34.4 Å². The fourth-order valence-corrected chi connectivity index (χ4v) is 0.947. The maximum absolute atomic E-state index is 12.4. The molecule has 18 heavy (non-hydrogen) atoms. The molecule has 6 nitrogen and oxygen atoms in total. The van der Waals surface area contributed by atoms with Gasteiger partial charge in [0.2, 0.25) is 0 Å². The summed E-state index contributed by atoms with van der Waals surface area (Å²) in [7, 11) is 0. The molecule has 0 radical (unpaired) electrons. The van der Waals surface area contributed by atoms with Gasteiger partial charge in [0, 0.05) is 19.1 Å². The van der Waals surface area contributed by atoms with Crippen molar-refractivity contribution >= 4 is 11.8 Å². The van der Waals surface area contributed by atoms with E-state index in [0.29, 0.717) is 6.92 Å². The van der Waals surface area contributed by atoms with E-state index in [1.165, 1.54) is 0 Å². The van der Waals surface area contributed by atoms with Crippen LogP contribution in [0.3, 0.4) is 0 Å². The molecule has 1 aromatic carbocycles. The molecule has 8 heteroatoms. The largest absolute Gasteiger partial charge is 0.514 e. The first-order chi connectivity index (χ1) is 8.28. The Bertz CT molecular complexity index is 441. The molecule has 0 N–H and O–H groups in total. The van der Waals surface area contributed by atoms with E-state index in [2.05, 4.69) is 9.47 Å². The third-order valence-corrected chi connectivity index (χ3v) is 1.69. The van der Waals surface area contributed by atoms with Gasteiger partial charge in [0.15, 0.2) is 6.61 Å². The van der Waals surface area contributed by atoms with Crippen LogP contribution in [0.15, 0.2) is 24.3 Å². The summed E-state index contributed by atoms with van der Waals surface area (Å²) in [6.07, 6.45) is -1.30. The standard InChI is InChI=1S/C10H9F2NO5/c1-10(11,12)6-17-9(14)18-8-4-2-7(3-5-8)13(15)16/h2-5H,6H2,1H3. The molecule has 0 saturated carbocycles. The first-order valence-electron chi connectivity index (χ1n) is 4.75. The van der Waals surface area contributed by atoms with Crippen LogP contribution in [0.1, 0.15) is 6.92 Å². The van der Waals surface area contributed by atoms with Gasteiger partial charge < -0.3 is 9.47 Å². The lowest BCUT2D eigenvalue weighted by Gasteiger charge is -2.10. The first-order valence-corrected chi connectivity index (χ1v) is 4.75. The van der Waals surface area contributed by atoms with E-state index >= 15 is 0 Å². The summed E-state index contributed by atoms with van der Waals surface area (Å²) in [5.41, 5.74) is -0.184. The number of hydrogen-bond donors (Lipinski definition) is 0. The number of ether oxygens (including phenoxy) is 2. The van der Waals surface area contributed by atoms with Crippen molar-refractivity contribution in [1.82, 2.24) is 0 Å². The van der Waals surface area contributed by atoms with Crippen LogP contribution >= 0.6 is 0 Å². The number of carbonyl (C=O) groups is 1. The number of benzene rings is 1. The zero-order valence-corrected chi connectivity index (χ0v) is 9.26. The van der Waals surface area contributed by atoms with Crippen LogP contribution in [0.25, 0.3) is 0 Å². The van der Waals surface area contributed by atoms with Crippen molar-refractivity contribution in [3.63, 3.8) is 0 Å². The Kier molecular flexibility index (Phi) is 4.13. The van der Waals surface area contributed by atoms with Crippen LogP contribution in [0.5, 0.6) is 5.75 Å². The Morgan fingerprint density at radius 3 is 2.39 bits per heavy atom. The number of alkyl halides is 2. The van der Waals surface area contributed by atoms with Crippen LogP contribution in [-0.2, 0) is 4.74 Å². The fourth-order valence-electron chi connectivity index (χ4n) is 0.947. The van der Waals surface area contributed by atoms with Crippen molar-refractivity contribution in [2.75, 3.05) is 6.61 Å². The zero-order valence-electron chi connectivity index (χ0n) is 9.26. The minimum Gasteiger partial charge on any atom is -0.428 e. The number of nitrogens with zero attached hydrogens (tertiary/aromatic N) is 1. The van der Waals surface area contributed by atoms with Crippen LogP contribution in [0.4, 0.5) is 19.3 Å². The van der Waals surface area contributed by atoms with Gasteiger partial charge in [0.1, 0.15) is 5.75 Å². The molecule has 0 fully saturated rings. The average molecular weight is 261 g/mol. The van der Waals surface area contributed by atoms with Gasteiger partial charge in [-0.3, -0.25) is 10.1 Å². The average Bonchev–Trinajstić information content (AvgIpc) is 2.26. The quantitative estimate of drug-likeness (QED) is 0.360. The second-order valence-electron chi connectivity index (χ2n) is 3.46. The molecule has 0 atom stereocenters. The van der Waals surface area contributed by atoms with Crippen LogP contribution in [-0.4, -0.2) is 23.6 Å². The summed E-state index contributed by atoms with van der Waals surface area (Å²) < 4.78 is 33.4. The summed E-state index contributed by atoms with van der Waals surface area (Å²) in [6, 6.07) is 4.53. The summed E-state index contributed by atoms with van der Waals surface area (Å²) in [4.78, 5) is 20.7. The van der Waals surface area contributed by atoms with E-state index in [-0.39, 0.29) is 11.4 Å². The highest BCUT2D eigenvalue weighted by molar-refractivity contribution is 5.64. The van der Waals surface area contributed by atoms with E-state index in [1.807, 2.05) is 0 Å². The van der Waals surface area contributed by atoms with Gasteiger partial charge in [-0.2, -0.15) is 0 Å². The van der Waals surface area contributed by atoms with Gasteiger partial charge in [0.05, 0.1) is 4.92 Å². The highest BCUT2D eigenvalue weighted by Crippen LogP contribution is 2.18. The Morgan fingerprint density at radius 1 is 1.39 bits per heavy atom. The van der Waals surface area contributed by atoms with Gasteiger partial charge in [-0.25, -0.2) is 13.6 Å². The molecule has 1 rings (SSSR count). The molecule has 0 aromatic heterocycles. The number of halogens is 2. The summed E-state index contributed by atoms with van der Waals surface area (Å²) in [5.74, 6) is -3.18. The third-order valence-electron chi connectivity index (χ3n) is 1.69. The molecule has 0 aliphatic carbocycles. The molecule has 0 aliphatic heterocycles. The van der Waals surface area contributed by atoms with E-state index in [9.17, 15) is 23.7 Å². The predicted octanol–water partition coefficient (Wildman–Crippen LogP) is 2.77. The Morgan fingerprint density at radius 2 is 1.94 bits per heavy atom. The maximum atomic E-state index is 12.4. The number of hydrogen-bond acceptors (Lipinski definition) is 5. The number of nitro groups is 1. The fraction of sp³-hybridized carbons (Fsp3) is 0.300. The molecule has 0 amide bonds. The van der Waals surface area contributed by atoms with Crippen LogP contribution in [0, 0.1) is 10.1 Å². The lowest BCUT2D eigenvalue weighted by Crippen LogP contribution is -2.23. The Balaban J connectivity index is 2.52. The lowest BCUT2D eigenvalue weighted by molar-refractivity contribution is -0.384. The predicted molar refractivity (Wildman–Crippen MR) is 55.7 cm³/mol. The van der Waals surface area contributed by atoms with Crippen molar-refractivity contribution < 1.29 is 28.0 Å². The van der Waals surface area contributed by atoms with Gasteiger partial charge in [-0.1, -0.05) is 0 Å². The SMILES string of the molecule is CC(F)(F)COC(=O)Oc1ccc([N+](=O)[O-])cc1. The molecular formula is C10H9F2NO5. The number of non-ortho nitro benzene ring substituents is 1. The zero-order chi connectivity index (χ0) is 13.8. The lowest BCUT2D eigenvalue weighted by atomic mass is 10.3. The topological polar surface area (TPSA) is 78.7 Å². The highest BCUT2D eigenvalue weighted by atomic mass is 19.3. The van der Waals surface area contributed by atoms with Gasteiger partial charge in [-0.05, 0) is 12.1 Å². The van der Waals surface area contributed by atoms with Crippen LogP contribution < -0.4 is 4.74 Å². The van der Waals surface area contributed by atoms with Crippen molar-refractivity contribution in [2.45, 2.75) is 12.8 Å². The van der Waals surface area contributed by atoms with E-state index in [4.69, 9.17) is 0 Å². The van der Waals surface area contributed by atoms with Crippen LogP contribution in [0.2, 0.25) is 0 Å². The number of carbonyl (C=O) groups excluding carboxylic acids is 1. The molecule has 0 saturated heterocycles. The smallest absolute Gasteiger partial charge is 0.428 e. The van der Waals surface area contributed by atoms with Crippen molar-refractivity contribution in [3.8, 4) is 5.75 Å². The molecule has 98 valence electrons. The summed E-state index contributed by atoms with van der Waals surface area (Å²) in [6.45, 7) is -0.509. The Hall–Kier alpha value is -2.25. The molecule has 0 bridgehead atoms. The van der Waals surface area contributed by atoms with E-state index in [1.54, 1.807) is 0 Å². The maximum Gasteiger partial charge on any atom is 0.514 e. The molecule has 0 heterocycles. The molecular weight excluding hydrogens is 252 g/mol. The number of rotatable bonds is 4. The monoisotopic (exact) mass is 261 g/mol. The Labute approximate surface area is 100 Å². The normalized spacial score (nSPS) is 10.8. The molecule has 0 unspecified atom stereocenters. The molecule has 1 aromatic rings. The van der Waals surface area contributed by atoms with Crippen molar-refractivity contribution in [2.24, 2.45) is 0 Å². The van der Waals surface area contributed by atoms with Crippen molar-refractivity contribution in [1.29, 1.82) is 0 Å². The van der Waals surface area contributed by atoms with Gasteiger partial charge in [0.25, 0.3) is 11.6 Å². The molecule has 0 spiro atoms. The second kappa shape index (κ2) is 5.39. The first kappa shape index (κ1) is 13.8. The summed E-state index contributed by atoms with van der Waals surface area (Å²) >= 11 is 0. The highest BCUT2D eigenvalue weighted by Gasteiger charge is 2.24. The minimum absolute atomic E-state index is 0.0370. The van der Waals surface area contributed by atoms with E-state index < -0.39 is 23.6 Å². The molecule has 0 aliphatic rings.